The number of hydrogen-bond acceptors (Lipinski definition) is 5. The summed E-state index contributed by atoms with van der Waals surface area (Å²) in [6.45, 7) is 8.06. The Morgan fingerprint density at radius 3 is 2.41 bits per heavy atom. The van der Waals surface area contributed by atoms with Crippen molar-refractivity contribution in [2.45, 2.75) is 13.8 Å². The Bertz CT molecular complexity index is 1140. The van der Waals surface area contributed by atoms with Gasteiger partial charge in [-0.25, -0.2) is 9.07 Å². The van der Waals surface area contributed by atoms with E-state index >= 15 is 0 Å². The highest BCUT2D eigenvalue weighted by atomic mass is 32.1. The Morgan fingerprint density at radius 2 is 1.83 bits per heavy atom. The molecule has 0 spiro atoms. The molecule has 0 aliphatic rings. The van der Waals surface area contributed by atoms with Crippen LogP contribution in [0.15, 0.2) is 76.2 Å². The summed E-state index contributed by atoms with van der Waals surface area (Å²) < 4.78 is 15.0. The second-order valence-electron chi connectivity index (χ2n) is 6.48. The molecule has 0 aliphatic carbocycles. The van der Waals surface area contributed by atoms with Crippen molar-refractivity contribution >= 4 is 22.7 Å². The van der Waals surface area contributed by atoms with Crippen molar-refractivity contribution < 1.29 is 9.31 Å². The third kappa shape index (κ3) is 4.91. The monoisotopic (exact) mass is 410 g/mol. The largest absolute Gasteiger partial charge is 0.269 e. The van der Waals surface area contributed by atoms with Gasteiger partial charge in [0.25, 0.3) is 5.69 Å². The highest BCUT2D eigenvalue weighted by Gasteiger charge is 2.10. The van der Waals surface area contributed by atoms with E-state index in [9.17, 15) is 14.5 Å². The Labute approximate surface area is 171 Å². The molecule has 0 fully saturated rings. The molecular formula is C21H19FN4O2S. The SMILES string of the molecule is C=C(C)CN=c1scc(-c2ccc(F)cc2)n1N=C(C)c1ccc([N+](=O)[O-])cc1. The minimum absolute atomic E-state index is 0.0221. The predicted octanol–water partition coefficient (Wildman–Crippen LogP) is 5.01. The van der Waals surface area contributed by atoms with Crippen molar-refractivity contribution in [3.8, 4) is 11.3 Å². The average molecular weight is 410 g/mol. The van der Waals surface area contributed by atoms with Crippen LogP contribution in [0.3, 0.4) is 0 Å². The minimum atomic E-state index is -0.439. The summed E-state index contributed by atoms with van der Waals surface area (Å²) in [4.78, 5) is 15.7. The summed E-state index contributed by atoms with van der Waals surface area (Å²) in [7, 11) is 0. The van der Waals surface area contributed by atoms with Gasteiger partial charge in [0.05, 0.1) is 22.9 Å². The van der Waals surface area contributed by atoms with Crippen molar-refractivity contribution in [1.82, 2.24) is 4.68 Å². The lowest BCUT2D eigenvalue weighted by molar-refractivity contribution is -0.384. The number of aromatic nitrogens is 1. The normalized spacial score (nSPS) is 12.2. The predicted molar refractivity (Wildman–Crippen MR) is 114 cm³/mol. The summed E-state index contributed by atoms with van der Waals surface area (Å²) in [6.07, 6.45) is 0. The van der Waals surface area contributed by atoms with Crippen LogP contribution in [0.1, 0.15) is 19.4 Å². The van der Waals surface area contributed by atoms with Gasteiger partial charge in [0.15, 0.2) is 0 Å². The van der Waals surface area contributed by atoms with Crippen LogP contribution < -0.4 is 4.80 Å². The van der Waals surface area contributed by atoms with Crippen molar-refractivity contribution in [2.75, 3.05) is 6.54 Å². The second-order valence-corrected chi connectivity index (χ2v) is 7.32. The van der Waals surface area contributed by atoms with Crippen LogP contribution in [0.2, 0.25) is 0 Å². The topological polar surface area (TPSA) is 72.8 Å². The highest BCUT2D eigenvalue weighted by Crippen LogP contribution is 2.21. The first kappa shape index (κ1) is 20.3. The molecule has 0 saturated heterocycles. The van der Waals surface area contributed by atoms with E-state index in [4.69, 9.17) is 5.10 Å². The van der Waals surface area contributed by atoms with Gasteiger partial charge in [0, 0.05) is 23.1 Å². The van der Waals surface area contributed by atoms with Crippen molar-refractivity contribution in [3.05, 3.63) is 92.4 Å². The maximum Gasteiger partial charge on any atom is 0.269 e. The number of nitro groups is 1. The summed E-state index contributed by atoms with van der Waals surface area (Å²) in [5.41, 5.74) is 3.94. The van der Waals surface area contributed by atoms with Gasteiger partial charge >= 0.3 is 0 Å². The van der Waals surface area contributed by atoms with E-state index in [0.29, 0.717) is 17.1 Å². The Balaban J connectivity index is 2.09. The van der Waals surface area contributed by atoms with Gasteiger partial charge in [-0.05, 0) is 55.8 Å². The summed E-state index contributed by atoms with van der Waals surface area (Å²) >= 11 is 1.43. The number of rotatable bonds is 6. The second kappa shape index (κ2) is 8.74. The number of benzene rings is 2. The molecule has 8 heteroatoms. The van der Waals surface area contributed by atoms with Gasteiger partial charge in [0.2, 0.25) is 4.80 Å². The van der Waals surface area contributed by atoms with Crippen LogP contribution in [-0.4, -0.2) is 21.9 Å². The molecule has 6 nitrogen and oxygen atoms in total. The van der Waals surface area contributed by atoms with Crippen molar-refractivity contribution in [2.24, 2.45) is 10.1 Å². The lowest BCUT2D eigenvalue weighted by atomic mass is 10.1. The first-order valence-electron chi connectivity index (χ1n) is 8.77. The standard InChI is InChI=1S/C21H19FN4O2S/c1-14(2)12-23-21-25(20(13-29-21)17-4-8-18(22)9-5-17)24-15(3)16-6-10-19(11-7-16)26(27)28/h4-11,13H,1,12H2,2-3H3. The van der Waals surface area contributed by atoms with E-state index < -0.39 is 4.92 Å². The van der Waals surface area contributed by atoms with E-state index in [2.05, 4.69) is 11.6 Å². The summed E-state index contributed by atoms with van der Waals surface area (Å²) in [5, 5.41) is 17.5. The van der Waals surface area contributed by atoms with E-state index in [1.807, 2.05) is 19.2 Å². The van der Waals surface area contributed by atoms with E-state index in [1.165, 1.54) is 35.6 Å². The molecule has 0 unspecified atom stereocenters. The number of halogens is 1. The summed E-state index contributed by atoms with van der Waals surface area (Å²) in [6, 6.07) is 12.4. The molecule has 0 atom stereocenters. The fourth-order valence-electron chi connectivity index (χ4n) is 2.56. The number of nitro benzene ring substituents is 1. The van der Waals surface area contributed by atoms with Gasteiger partial charge < -0.3 is 0 Å². The number of hydrogen-bond donors (Lipinski definition) is 0. The van der Waals surface area contributed by atoms with Gasteiger partial charge in [-0.15, -0.1) is 11.3 Å². The van der Waals surface area contributed by atoms with Gasteiger partial charge in [0.1, 0.15) is 5.82 Å². The summed E-state index contributed by atoms with van der Waals surface area (Å²) in [5.74, 6) is -0.312. The third-order valence-electron chi connectivity index (χ3n) is 4.06. The Hall–Kier alpha value is -3.39. The molecule has 0 bridgehead atoms. The fourth-order valence-corrected chi connectivity index (χ4v) is 3.39. The van der Waals surface area contributed by atoms with Crippen LogP contribution >= 0.6 is 11.3 Å². The molecule has 1 heterocycles. The zero-order valence-electron chi connectivity index (χ0n) is 16.0. The first-order valence-corrected chi connectivity index (χ1v) is 9.65. The Morgan fingerprint density at radius 1 is 1.17 bits per heavy atom. The zero-order valence-corrected chi connectivity index (χ0v) is 16.8. The van der Waals surface area contributed by atoms with Gasteiger partial charge in [-0.3, -0.25) is 15.1 Å². The van der Waals surface area contributed by atoms with Crippen LogP contribution in [0, 0.1) is 15.9 Å². The highest BCUT2D eigenvalue weighted by molar-refractivity contribution is 7.07. The van der Waals surface area contributed by atoms with Crippen LogP contribution in [0.4, 0.5) is 10.1 Å². The molecule has 3 aromatic rings. The molecule has 0 radical (unpaired) electrons. The quantitative estimate of drug-likeness (QED) is 0.248. The maximum absolute atomic E-state index is 13.3. The number of thiazole rings is 1. The lowest BCUT2D eigenvalue weighted by Gasteiger charge is -2.06. The molecule has 0 aliphatic heterocycles. The number of nitrogens with zero attached hydrogens (tertiary/aromatic N) is 4. The van der Waals surface area contributed by atoms with Gasteiger partial charge in [-0.1, -0.05) is 12.2 Å². The third-order valence-corrected chi connectivity index (χ3v) is 4.91. The van der Waals surface area contributed by atoms with E-state index in [1.54, 1.807) is 28.9 Å². The van der Waals surface area contributed by atoms with Crippen molar-refractivity contribution in [3.63, 3.8) is 0 Å². The van der Waals surface area contributed by atoms with E-state index in [0.717, 1.165) is 22.4 Å². The average Bonchev–Trinajstić information content (AvgIpc) is 3.09. The molecule has 0 saturated carbocycles. The van der Waals surface area contributed by atoms with Gasteiger partial charge in [-0.2, -0.15) is 5.10 Å². The molecule has 0 amide bonds. The maximum atomic E-state index is 13.3. The molecular weight excluding hydrogens is 391 g/mol. The van der Waals surface area contributed by atoms with E-state index in [-0.39, 0.29) is 11.5 Å². The molecule has 0 N–H and O–H groups in total. The van der Waals surface area contributed by atoms with Crippen molar-refractivity contribution in [1.29, 1.82) is 0 Å². The lowest BCUT2D eigenvalue weighted by Crippen LogP contribution is -2.15. The minimum Gasteiger partial charge on any atom is -0.258 e. The Kier molecular flexibility index (Phi) is 6.13. The molecule has 2 aromatic carbocycles. The zero-order chi connectivity index (χ0) is 21.0. The molecule has 3 rings (SSSR count). The van der Waals surface area contributed by atoms with Crippen LogP contribution in [0.5, 0.6) is 0 Å². The number of non-ortho nitro benzene ring substituents is 1. The smallest absolute Gasteiger partial charge is 0.258 e. The first-order chi connectivity index (χ1) is 13.8. The molecule has 148 valence electrons. The van der Waals surface area contributed by atoms with Crippen LogP contribution in [-0.2, 0) is 0 Å². The molecule has 29 heavy (non-hydrogen) atoms. The fraction of sp³-hybridized carbons (Fsp3) is 0.143. The molecule has 1 aromatic heterocycles. The van der Waals surface area contributed by atoms with Crippen LogP contribution in [0.25, 0.3) is 11.3 Å².